The Morgan fingerprint density at radius 3 is 2.69 bits per heavy atom. The summed E-state index contributed by atoms with van der Waals surface area (Å²) in [7, 11) is 0. The molecule has 4 rings (SSSR count). The minimum Gasteiger partial charge on any atom is -0.411 e. The molecular formula is C21H18N4O3S. The van der Waals surface area contributed by atoms with Gasteiger partial charge in [-0.15, -0.1) is 10.2 Å². The van der Waals surface area contributed by atoms with Gasteiger partial charge in [-0.05, 0) is 32.0 Å². The van der Waals surface area contributed by atoms with Crippen LogP contribution in [0.3, 0.4) is 0 Å². The van der Waals surface area contributed by atoms with Crippen LogP contribution in [0.25, 0.3) is 22.4 Å². The van der Waals surface area contributed by atoms with E-state index >= 15 is 0 Å². The van der Waals surface area contributed by atoms with Crippen molar-refractivity contribution in [2.45, 2.75) is 24.3 Å². The minimum atomic E-state index is -0.494. The molecule has 29 heavy (non-hydrogen) atoms. The van der Waals surface area contributed by atoms with Crippen LogP contribution >= 0.6 is 11.8 Å². The number of hydrogen-bond acceptors (Lipinski definition) is 6. The summed E-state index contributed by atoms with van der Waals surface area (Å²) in [6.07, 6.45) is 1.82. The average molecular weight is 406 g/mol. The highest BCUT2D eigenvalue weighted by Gasteiger charge is 2.21. The van der Waals surface area contributed by atoms with Crippen LogP contribution in [0.2, 0.25) is 0 Å². The number of carbonyl (C=O) groups is 2. The summed E-state index contributed by atoms with van der Waals surface area (Å²) < 4.78 is 5.76. The van der Waals surface area contributed by atoms with Crippen molar-refractivity contribution < 1.29 is 14.0 Å². The van der Waals surface area contributed by atoms with Crippen molar-refractivity contribution in [3.8, 4) is 11.5 Å². The van der Waals surface area contributed by atoms with Crippen LogP contribution in [0.15, 0.2) is 64.4 Å². The number of hydrogen-bond donors (Lipinski definition) is 2. The topological polar surface area (TPSA) is 101 Å². The molecule has 0 saturated carbocycles. The minimum absolute atomic E-state index is 0.110. The smallest absolute Gasteiger partial charge is 0.277 e. The van der Waals surface area contributed by atoms with Crippen LogP contribution in [-0.2, 0) is 4.79 Å². The second kappa shape index (κ2) is 7.92. The molecule has 2 aromatic carbocycles. The van der Waals surface area contributed by atoms with Gasteiger partial charge < -0.3 is 14.7 Å². The Balaban J connectivity index is 1.47. The van der Waals surface area contributed by atoms with E-state index in [-0.39, 0.29) is 11.7 Å². The van der Waals surface area contributed by atoms with E-state index in [1.165, 1.54) is 6.92 Å². The lowest BCUT2D eigenvalue weighted by atomic mass is 10.1. The number of para-hydroxylation sites is 2. The average Bonchev–Trinajstić information content (AvgIpc) is 3.34. The fourth-order valence-corrected chi connectivity index (χ4v) is 3.64. The lowest BCUT2D eigenvalue weighted by molar-refractivity contribution is -0.115. The number of fused-ring (bicyclic) bond motifs is 1. The van der Waals surface area contributed by atoms with Crippen LogP contribution in [0.4, 0.5) is 5.69 Å². The summed E-state index contributed by atoms with van der Waals surface area (Å²) in [6, 6.07) is 14.7. The zero-order chi connectivity index (χ0) is 20.4. The van der Waals surface area contributed by atoms with Crippen molar-refractivity contribution in [3.63, 3.8) is 0 Å². The van der Waals surface area contributed by atoms with Crippen LogP contribution < -0.4 is 5.32 Å². The summed E-state index contributed by atoms with van der Waals surface area (Å²) >= 11 is 1.16. The van der Waals surface area contributed by atoms with E-state index in [4.69, 9.17) is 4.42 Å². The maximum atomic E-state index is 12.6. The SMILES string of the molecule is CC(=O)c1ccccc1NC(=O)[C@H](C)Sc1nnc(-c2c[nH]c3ccccc23)o1. The fourth-order valence-electron chi connectivity index (χ4n) is 2.95. The van der Waals surface area contributed by atoms with Gasteiger partial charge in [-0.25, -0.2) is 0 Å². The molecule has 0 aliphatic carbocycles. The molecular weight excluding hydrogens is 388 g/mol. The molecule has 0 aliphatic heterocycles. The molecule has 0 spiro atoms. The summed E-state index contributed by atoms with van der Waals surface area (Å²) in [5.41, 5.74) is 2.75. The van der Waals surface area contributed by atoms with Crippen LogP contribution in [0.1, 0.15) is 24.2 Å². The number of nitrogens with one attached hydrogen (secondary N) is 2. The van der Waals surface area contributed by atoms with E-state index in [1.807, 2.05) is 30.5 Å². The Hall–Kier alpha value is -3.39. The molecule has 8 heteroatoms. The van der Waals surface area contributed by atoms with Gasteiger partial charge in [0.2, 0.25) is 5.91 Å². The van der Waals surface area contributed by atoms with E-state index < -0.39 is 5.25 Å². The second-order valence-electron chi connectivity index (χ2n) is 6.47. The monoisotopic (exact) mass is 406 g/mol. The molecule has 1 atom stereocenters. The van der Waals surface area contributed by atoms with Crippen molar-refractivity contribution in [2.24, 2.45) is 0 Å². The second-order valence-corrected chi connectivity index (χ2v) is 7.76. The van der Waals surface area contributed by atoms with E-state index in [0.717, 1.165) is 28.2 Å². The van der Waals surface area contributed by atoms with E-state index in [2.05, 4.69) is 20.5 Å². The van der Waals surface area contributed by atoms with Gasteiger partial charge in [0.05, 0.1) is 16.5 Å². The molecule has 0 bridgehead atoms. The third kappa shape index (κ3) is 3.93. The van der Waals surface area contributed by atoms with E-state index in [9.17, 15) is 9.59 Å². The molecule has 4 aromatic rings. The predicted molar refractivity (Wildman–Crippen MR) is 112 cm³/mol. The third-order valence-corrected chi connectivity index (χ3v) is 5.37. The third-order valence-electron chi connectivity index (χ3n) is 4.44. The zero-order valence-corrected chi connectivity index (χ0v) is 16.6. The maximum Gasteiger partial charge on any atom is 0.277 e. The molecule has 0 radical (unpaired) electrons. The Bertz CT molecular complexity index is 1200. The van der Waals surface area contributed by atoms with Crippen LogP contribution in [-0.4, -0.2) is 32.1 Å². The molecule has 146 valence electrons. The molecule has 0 fully saturated rings. The highest BCUT2D eigenvalue weighted by molar-refractivity contribution is 8.00. The number of amides is 1. The Morgan fingerprint density at radius 1 is 1.10 bits per heavy atom. The number of H-pyrrole nitrogens is 1. The number of nitrogens with zero attached hydrogens (tertiary/aromatic N) is 2. The first-order valence-corrected chi connectivity index (χ1v) is 9.88. The quantitative estimate of drug-likeness (QED) is 0.360. The molecule has 7 nitrogen and oxygen atoms in total. The van der Waals surface area contributed by atoms with Gasteiger partial charge in [0, 0.05) is 22.7 Å². The first-order chi connectivity index (χ1) is 14.0. The molecule has 0 aliphatic rings. The van der Waals surface area contributed by atoms with E-state index in [0.29, 0.717) is 22.4 Å². The van der Waals surface area contributed by atoms with Gasteiger partial charge in [-0.3, -0.25) is 9.59 Å². The summed E-state index contributed by atoms with van der Waals surface area (Å²) in [4.78, 5) is 27.5. The highest BCUT2D eigenvalue weighted by Crippen LogP contribution is 2.31. The number of benzene rings is 2. The zero-order valence-electron chi connectivity index (χ0n) is 15.8. The van der Waals surface area contributed by atoms with Crippen molar-refractivity contribution >= 4 is 40.0 Å². The number of Topliss-reactive ketones (excluding diaryl/α,β-unsaturated/α-hetero) is 1. The van der Waals surface area contributed by atoms with Gasteiger partial charge in [0.1, 0.15) is 0 Å². The number of aromatic nitrogens is 3. The van der Waals surface area contributed by atoms with Crippen molar-refractivity contribution in [1.29, 1.82) is 0 Å². The molecule has 2 N–H and O–H groups in total. The number of aromatic amines is 1. The van der Waals surface area contributed by atoms with E-state index in [1.54, 1.807) is 31.2 Å². The standard InChI is InChI=1S/C21H18N4O3S/c1-12(26)14-7-3-6-10-18(14)23-19(27)13(2)29-21-25-24-20(28-21)16-11-22-17-9-5-4-8-15(16)17/h3-11,13,22H,1-2H3,(H,23,27)/t13-/m0/s1. The lowest BCUT2D eigenvalue weighted by Crippen LogP contribution is -2.23. The fraction of sp³-hybridized carbons (Fsp3) is 0.143. The summed E-state index contributed by atoms with van der Waals surface area (Å²) in [5.74, 6) is 0.0245. The van der Waals surface area contributed by atoms with Gasteiger partial charge in [0.15, 0.2) is 5.78 Å². The highest BCUT2D eigenvalue weighted by atomic mass is 32.2. The number of thioether (sulfide) groups is 1. The van der Waals surface area contributed by atoms with Crippen molar-refractivity contribution in [2.75, 3.05) is 5.32 Å². The molecule has 0 unspecified atom stereocenters. The van der Waals surface area contributed by atoms with Crippen molar-refractivity contribution in [3.05, 3.63) is 60.3 Å². The van der Waals surface area contributed by atoms with Crippen molar-refractivity contribution in [1.82, 2.24) is 15.2 Å². The first kappa shape index (κ1) is 18.9. The number of rotatable bonds is 6. The molecule has 2 heterocycles. The number of anilines is 1. The summed E-state index contributed by atoms with van der Waals surface area (Å²) in [5, 5.41) is 11.7. The first-order valence-electron chi connectivity index (χ1n) is 9.00. The largest absolute Gasteiger partial charge is 0.411 e. The van der Waals surface area contributed by atoms with Crippen LogP contribution in [0, 0.1) is 0 Å². The number of carbonyl (C=O) groups excluding carboxylic acids is 2. The van der Waals surface area contributed by atoms with Gasteiger partial charge in [0.25, 0.3) is 11.1 Å². The predicted octanol–water partition coefficient (Wildman–Crippen LogP) is 4.54. The Kier molecular flexibility index (Phi) is 5.18. The molecule has 2 aromatic heterocycles. The Labute approximate surface area is 170 Å². The molecule has 0 saturated heterocycles. The summed E-state index contributed by atoms with van der Waals surface area (Å²) in [6.45, 7) is 3.21. The van der Waals surface area contributed by atoms with Crippen LogP contribution in [0.5, 0.6) is 0 Å². The lowest BCUT2D eigenvalue weighted by Gasteiger charge is -2.12. The normalized spacial score (nSPS) is 12.1. The van der Waals surface area contributed by atoms with Gasteiger partial charge in [-0.1, -0.05) is 42.1 Å². The van der Waals surface area contributed by atoms with Gasteiger partial charge >= 0.3 is 0 Å². The molecule has 1 amide bonds. The maximum absolute atomic E-state index is 12.6. The Morgan fingerprint density at radius 2 is 1.86 bits per heavy atom. The van der Waals surface area contributed by atoms with Gasteiger partial charge in [-0.2, -0.15) is 0 Å². The number of ketones is 1.